The quantitative estimate of drug-likeness (QED) is 0.128. The fourth-order valence-electron chi connectivity index (χ4n) is 6.11. The number of aryl methyl sites for hydroxylation is 1. The van der Waals surface area contributed by atoms with E-state index in [1.165, 1.54) is 15.5 Å². The van der Waals surface area contributed by atoms with Gasteiger partial charge in [0.05, 0.1) is 11.2 Å². The number of pyridine rings is 2. The molecule has 6 heteroatoms. The third kappa shape index (κ3) is 6.65. The fraction of sp³-hybridized carbons (Fsp3) is 0.190. The molecule has 4 nitrogen and oxygen atoms in total. The van der Waals surface area contributed by atoms with E-state index in [-0.39, 0.29) is 20.1 Å². The number of para-hydroxylation sites is 2. The Morgan fingerprint density at radius 3 is 2.06 bits per heavy atom. The van der Waals surface area contributed by atoms with Gasteiger partial charge in [0.2, 0.25) is 0 Å². The van der Waals surface area contributed by atoms with E-state index in [4.69, 9.17) is 13.8 Å². The van der Waals surface area contributed by atoms with Crippen molar-refractivity contribution in [3.63, 3.8) is 0 Å². The monoisotopic (exact) mass is 869 g/mol. The predicted molar refractivity (Wildman–Crippen MR) is 198 cm³/mol. The van der Waals surface area contributed by atoms with Crippen LogP contribution in [0.3, 0.4) is 0 Å². The SMILES string of the molecule is Cc1cnc(-c2[c-]c3oc4ccccc4c3c3c2oc2ccccc23)cc1CC(C)C.[CH3][Ge]([CH3])([CH3])[c]1ccc(-c2[c-]cccc2)nc1.[Ir]. The number of furan rings is 2. The summed E-state index contributed by atoms with van der Waals surface area (Å²) in [6.07, 6.45) is 5.01. The van der Waals surface area contributed by atoms with Crippen molar-refractivity contribution >= 4 is 61.5 Å². The van der Waals surface area contributed by atoms with E-state index in [0.717, 1.165) is 72.8 Å². The number of rotatable bonds is 5. The minimum absolute atomic E-state index is 0. The molecule has 0 unspecified atom stereocenters. The van der Waals surface area contributed by atoms with Crippen molar-refractivity contribution in [1.82, 2.24) is 9.97 Å². The van der Waals surface area contributed by atoms with E-state index in [1.54, 1.807) is 0 Å². The molecule has 0 N–H and O–H groups in total. The molecule has 0 aliphatic rings. The Labute approximate surface area is 298 Å². The molecule has 48 heavy (non-hydrogen) atoms. The number of fused-ring (bicyclic) bond motifs is 7. The Morgan fingerprint density at radius 2 is 1.42 bits per heavy atom. The topological polar surface area (TPSA) is 52.1 Å². The van der Waals surface area contributed by atoms with Gasteiger partial charge in [-0.2, -0.15) is 0 Å². The van der Waals surface area contributed by atoms with Crippen molar-refractivity contribution < 1.29 is 28.9 Å². The van der Waals surface area contributed by atoms with E-state index in [9.17, 15) is 0 Å². The second-order valence-electron chi connectivity index (χ2n) is 13.7. The standard InChI is InChI=1S/C28H22NO2.C14H16GeN.Ir/c1-16(2)12-18-13-22(29-15-17(18)3)21-14-25-26(19-8-4-6-10-23(19)30-25)27-20-9-5-7-11-24(20)31-28(21)27;1-15(2,3)13-9-10-14(16-11-13)12-7-5-4-6-8-12;/h4-11,13,15-16H,12H2,1-3H3;4-7,9-11H,1-3H3;/q2*-1;. The summed E-state index contributed by atoms with van der Waals surface area (Å²) < 4.78 is 14.1. The molecular formula is C42H38GeIrN2O2-2. The van der Waals surface area contributed by atoms with Crippen molar-refractivity contribution in [3.8, 4) is 22.5 Å². The van der Waals surface area contributed by atoms with Crippen LogP contribution in [0.15, 0.2) is 112 Å². The molecule has 0 aliphatic heterocycles. The first-order valence-electron chi connectivity index (χ1n) is 16.2. The average Bonchev–Trinajstić information content (AvgIpc) is 3.64. The zero-order valence-electron chi connectivity index (χ0n) is 28.1. The molecule has 0 aliphatic carbocycles. The third-order valence-corrected chi connectivity index (χ3v) is 12.9. The zero-order chi connectivity index (χ0) is 32.7. The van der Waals surface area contributed by atoms with Crippen molar-refractivity contribution in [3.05, 3.63) is 127 Å². The van der Waals surface area contributed by atoms with Gasteiger partial charge < -0.3 is 13.8 Å². The van der Waals surface area contributed by atoms with E-state index in [1.807, 2.05) is 73.1 Å². The van der Waals surface area contributed by atoms with Crippen LogP contribution in [0.2, 0.25) is 17.3 Å². The van der Waals surface area contributed by atoms with Crippen LogP contribution in [0.25, 0.3) is 66.4 Å². The van der Waals surface area contributed by atoms with Crippen LogP contribution in [0.4, 0.5) is 0 Å². The van der Waals surface area contributed by atoms with Gasteiger partial charge in [0, 0.05) is 31.7 Å². The first-order valence-corrected chi connectivity index (χ1v) is 23.6. The largest absolute Gasteiger partial charge is 0 e. The van der Waals surface area contributed by atoms with Crippen molar-refractivity contribution in [1.29, 1.82) is 0 Å². The summed E-state index contributed by atoms with van der Waals surface area (Å²) in [6.45, 7) is 6.60. The molecule has 4 aromatic carbocycles. The van der Waals surface area contributed by atoms with Crippen LogP contribution in [0.5, 0.6) is 0 Å². The zero-order valence-corrected chi connectivity index (χ0v) is 32.6. The molecule has 4 aromatic heterocycles. The molecule has 0 fully saturated rings. The van der Waals surface area contributed by atoms with Gasteiger partial charge in [-0.1, -0.05) is 73.5 Å². The molecule has 4 heterocycles. The number of nitrogens with zero attached hydrogens (tertiary/aromatic N) is 2. The molecule has 8 aromatic rings. The van der Waals surface area contributed by atoms with Crippen LogP contribution in [-0.2, 0) is 26.5 Å². The number of aromatic nitrogens is 2. The van der Waals surface area contributed by atoms with E-state index >= 15 is 0 Å². The second-order valence-corrected chi connectivity index (χ2v) is 24.3. The minimum Gasteiger partial charge on any atom is 0 e. The van der Waals surface area contributed by atoms with Crippen LogP contribution < -0.4 is 4.40 Å². The number of benzene rings is 4. The molecule has 0 spiro atoms. The van der Waals surface area contributed by atoms with Gasteiger partial charge in [0.25, 0.3) is 0 Å². The van der Waals surface area contributed by atoms with E-state index in [2.05, 4.69) is 85.5 Å². The van der Waals surface area contributed by atoms with Gasteiger partial charge in [-0.05, 0) is 58.8 Å². The first kappa shape index (κ1) is 33.9. The molecule has 0 atom stereocenters. The van der Waals surface area contributed by atoms with Crippen molar-refractivity contribution in [2.45, 2.75) is 44.5 Å². The Morgan fingerprint density at radius 1 is 0.750 bits per heavy atom. The smallest absolute Gasteiger partial charge is 0 e. The Bertz CT molecular complexity index is 2350. The minimum atomic E-state index is -1.72. The average molecular weight is 868 g/mol. The molecule has 0 amide bonds. The summed E-state index contributed by atoms with van der Waals surface area (Å²) in [5.74, 6) is 7.71. The first-order chi connectivity index (χ1) is 22.7. The maximum Gasteiger partial charge on any atom is 0 e. The van der Waals surface area contributed by atoms with Crippen molar-refractivity contribution in [2.24, 2.45) is 5.92 Å². The Balaban J connectivity index is 0.000000201. The Hall–Kier alpha value is -4.03. The maximum atomic E-state index is 6.40. The molecule has 0 saturated carbocycles. The maximum absolute atomic E-state index is 6.40. The van der Waals surface area contributed by atoms with Crippen LogP contribution in [0.1, 0.15) is 25.0 Å². The fourth-order valence-corrected chi connectivity index (χ4v) is 8.29. The second kappa shape index (κ2) is 13.8. The summed E-state index contributed by atoms with van der Waals surface area (Å²) >= 11 is -1.72. The van der Waals surface area contributed by atoms with Gasteiger partial charge >= 0.3 is 99.8 Å². The summed E-state index contributed by atoms with van der Waals surface area (Å²) in [6, 6.07) is 37.5. The predicted octanol–water partition coefficient (Wildman–Crippen LogP) is 10.9. The van der Waals surface area contributed by atoms with Crippen molar-refractivity contribution in [2.75, 3.05) is 0 Å². The van der Waals surface area contributed by atoms with Gasteiger partial charge in [-0.3, -0.25) is 0 Å². The van der Waals surface area contributed by atoms with Gasteiger partial charge in [0.1, 0.15) is 11.2 Å². The summed E-state index contributed by atoms with van der Waals surface area (Å²) in [7, 11) is 0. The molecule has 1 radical (unpaired) electrons. The van der Waals surface area contributed by atoms with Gasteiger partial charge in [-0.15, -0.1) is 0 Å². The van der Waals surface area contributed by atoms with E-state index in [0.29, 0.717) is 5.92 Å². The van der Waals surface area contributed by atoms with Crippen LogP contribution in [0, 0.1) is 25.0 Å². The molecule has 243 valence electrons. The molecule has 0 saturated heterocycles. The molecule has 8 rings (SSSR count). The molecular weight excluding hydrogens is 829 g/mol. The summed E-state index contributed by atoms with van der Waals surface area (Å²) in [5.41, 5.74) is 9.58. The van der Waals surface area contributed by atoms with Crippen LogP contribution >= 0.6 is 0 Å². The molecule has 0 bridgehead atoms. The number of hydrogen-bond acceptors (Lipinski definition) is 4. The summed E-state index contributed by atoms with van der Waals surface area (Å²) in [5, 5.41) is 4.28. The number of hydrogen-bond donors (Lipinski definition) is 0. The van der Waals surface area contributed by atoms with Gasteiger partial charge in [0.15, 0.2) is 0 Å². The van der Waals surface area contributed by atoms with Gasteiger partial charge in [-0.25, -0.2) is 0 Å². The Kier molecular flexibility index (Phi) is 9.76. The summed E-state index contributed by atoms with van der Waals surface area (Å²) in [4.78, 5) is 9.30. The van der Waals surface area contributed by atoms with E-state index < -0.39 is 13.3 Å². The van der Waals surface area contributed by atoms with Crippen LogP contribution in [-0.4, -0.2) is 23.2 Å². The normalized spacial score (nSPS) is 11.6. The third-order valence-electron chi connectivity index (χ3n) is 8.62.